The summed E-state index contributed by atoms with van der Waals surface area (Å²) >= 11 is 3.49. The molecule has 0 radical (unpaired) electrons. The molecule has 5 heteroatoms. The first-order chi connectivity index (χ1) is 9.36. The normalized spacial score (nSPS) is 17.1. The Bertz CT molecular complexity index is 477. The molecule has 1 aromatic carbocycles. The fourth-order valence-electron chi connectivity index (χ4n) is 1.96. The Morgan fingerprint density at radius 2 is 1.85 bits per heavy atom. The van der Waals surface area contributed by atoms with E-state index in [1.54, 1.807) is 5.06 Å². The van der Waals surface area contributed by atoms with Gasteiger partial charge < -0.3 is 9.74 Å². The highest BCUT2D eigenvalue weighted by atomic mass is 79.9. The van der Waals surface area contributed by atoms with Gasteiger partial charge in [-0.3, -0.25) is 0 Å². The standard InChI is InChI=1S/C15H21BrN2O2/c1-15(2,3)14(19)20-18-9-7-17(8-10-18)13-6-4-5-12(16)11-13/h4-6,11H,7-10H2,1-3H3. The molecule has 1 aliphatic heterocycles. The summed E-state index contributed by atoms with van der Waals surface area (Å²) in [6, 6.07) is 8.26. The van der Waals surface area contributed by atoms with Gasteiger partial charge in [-0.15, -0.1) is 5.06 Å². The van der Waals surface area contributed by atoms with Gasteiger partial charge in [-0.1, -0.05) is 22.0 Å². The second kappa shape index (κ2) is 6.14. The molecule has 4 nitrogen and oxygen atoms in total. The fourth-order valence-corrected chi connectivity index (χ4v) is 2.35. The van der Waals surface area contributed by atoms with Crippen molar-refractivity contribution in [2.45, 2.75) is 20.8 Å². The minimum absolute atomic E-state index is 0.173. The van der Waals surface area contributed by atoms with Gasteiger partial charge in [0.1, 0.15) is 0 Å². The molecule has 1 saturated heterocycles. The first kappa shape index (κ1) is 15.3. The monoisotopic (exact) mass is 340 g/mol. The Morgan fingerprint density at radius 3 is 2.40 bits per heavy atom. The van der Waals surface area contributed by atoms with Crippen LogP contribution in [-0.4, -0.2) is 37.2 Å². The molecule has 1 fully saturated rings. The molecular weight excluding hydrogens is 320 g/mol. The van der Waals surface area contributed by atoms with Crippen LogP contribution >= 0.6 is 15.9 Å². The predicted octanol–water partition coefficient (Wildman–Crippen LogP) is 3.08. The van der Waals surface area contributed by atoms with Gasteiger partial charge in [0, 0.05) is 23.2 Å². The van der Waals surface area contributed by atoms with Crippen molar-refractivity contribution in [2.75, 3.05) is 31.1 Å². The highest BCUT2D eigenvalue weighted by Crippen LogP contribution is 2.22. The van der Waals surface area contributed by atoms with Gasteiger partial charge in [0.15, 0.2) is 0 Å². The molecule has 0 unspecified atom stereocenters. The lowest BCUT2D eigenvalue weighted by atomic mass is 9.98. The quantitative estimate of drug-likeness (QED) is 0.828. The van der Waals surface area contributed by atoms with E-state index in [9.17, 15) is 4.79 Å². The van der Waals surface area contributed by atoms with E-state index in [0.717, 1.165) is 30.7 Å². The number of nitrogens with zero attached hydrogens (tertiary/aromatic N) is 2. The molecule has 0 atom stereocenters. The number of rotatable bonds is 2. The van der Waals surface area contributed by atoms with Crippen molar-refractivity contribution in [3.8, 4) is 0 Å². The lowest BCUT2D eigenvalue weighted by Crippen LogP contribution is -2.48. The third kappa shape index (κ3) is 3.96. The highest BCUT2D eigenvalue weighted by Gasteiger charge is 2.27. The van der Waals surface area contributed by atoms with Gasteiger partial charge in [0.25, 0.3) is 0 Å². The molecule has 0 spiro atoms. The van der Waals surface area contributed by atoms with E-state index in [1.165, 1.54) is 5.69 Å². The van der Waals surface area contributed by atoms with Crippen LogP contribution in [0.2, 0.25) is 0 Å². The molecule has 0 amide bonds. The number of piperazine rings is 1. The molecule has 0 aliphatic carbocycles. The van der Waals surface area contributed by atoms with Crippen LogP contribution in [0.1, 0.15) is 20.8 Å². The topological polar surface area (TPSA) is 32.8 Å². The van der Waals surface area contributed by atoms with E-state index < -0.39 is 5.41 Å². The molecule has 1 heterocycles. The summed E-state index contributed by atoms with van der Waals surface area (Å²) in [6.45, 7) is 8.78. The second-order valence-electron chi connectivity index (χ2n) is 6.02. The Labute approximate surface area is 128 Å². The van der Waals surface area contributed by atoms with E-state index in [2.05, 4.69) is 33.0 Å². The van der Waals surface area contributed by atoms with Gasteiger partial charge in [0.2, 0.25) is 0 Å². The zero-order chi connectivity index (χ0) is 14.8. The Balaban J connectivity index is 1.88. The molecule has 1 aromatic rings. The van der Waals surface area contributed by atoms with Crippen molar-refractivity contribution < 1.29 is 9.63 Å². The molecule has 1 aliphatic rings. The number of benzene rings is 1. The van der Waals surface area contributed by atoms with Crippen LogP contribution < -0.4 is 4.90 Å². The van der Waals surface area contributed by atoms with Crippen molar-refractivity contribution in [1.29, 1.82) is 0 Å². The van der Waals surface area contributed by atoms with Gasteiger partial charge in [-0.05, 0) is 39.0 Å². The van der Waals surface area contributed by atoms with Crippen molar-refractivity contribution in [3.63, 3.8) is 0 Å². The number of halogens is 1. The highest BCUT2D eigenvalue weighted by molar-refractivity contribution is 9.10. The largest absolute Gasteiger partial charge is 0.369 e. The third-order valence-corrected chi connectivity index (χ3v) is 3.73. The van der Waals surface area contributed by atoms with Gasteiger partial charge in [-0.2, -0.15) is 0 Å². The SMILES string of the molecule is CC(C)(C)C(=O)ON1CCN(c2cccc(Br)c2)CC1. The van der Waals surface area contributed by atoms with Crippen LogP contribution in [-0.2, 0) is 9.63 Å². The molecule has 20 heavy (non-hydrogen) atoms. The van der Waals surface area contributed by atoms with E-state index in [-0.39, 0.29) is 5.97 Å². The summed E-state index contributed by atoms with van der Waals surface area (Å²) in [6.07, 6.45) is 0. The van der Waals surface area contributed by atoms with E-state index >= 15 is 0 Å². The summed E-state index contributed by atoms with van der Waals surface area (Å²) in [5.74, 6) is -0.173. The molecule has 110 valence electrons. The number of carbonyl (C=O) groups is 1. The third-order valence-electron chi connectivity index (χ3n) is 3.24. The predicted molar refractivity (Wildman–Crippen MR) is 83.5 cm³/mol. The van der Waals surface area contributed by atoms with Crippen LogP contribution in [0.4, 0.5) is 5.69 Å². The maximum atomic E-state index is 11.8. The molecule has 0 aromatic heterocycles. The van der Waals surface area contributed by atoms with Gasteiger partial charge in [-0.25, -0.2) is 4.79 Å². The van der Waals surface area contributed by atoms with E-state index in [1.807, 2.05) is 32.9 Å². The van der Waals surface area contributed by atoms with Crippen molar-refractivity contribution >= 4 is 27.6 Å². The summed E-state index contributed by atoms with van der Waals surface area (Å²) in [5, 5.41) is 1.77. The zero-order valence-corrected chi connectivity index (χ0v) is 13.8. The first-order valence-corrected chi connectivity index (χ1v) is 7.63. The molecule has 0 N–H and O–H groups in total. The lowest BCUT2D eigenvalue weighted by molar-refractivity contribution is -0.201. The zero-order valence-electron chi connectivity index (χ0n) is 12.2. The van der Waals surface area contributed by atoms with Gasteiger partial charge in [0.05, 0.1) is 18.5 Å². The summed E-state index contributed by atoms with van der Waals surface area (Å²) in [5.41, 5.74) is 0.739. The Kier molecular flexibility index (Phi) is 4.70. The Morgan fingerprint density at radius 1 is 1.20 bits per heavy atom. The lowest BCUT2D eigenvalue weighted by Gasteiger charge is -2.35. The molecule has 0 bridgehead atoms. The minimum Gasteiger partial charge on any atom is -0.369 e. The van der Waals surface area contributed by atoms with Crippen molar-refractivity contribution in [2.24, 2.45) is 5.41 Å². The summed E-state index contributed by atoms with van der Waals surface area (Å²) in [4.78, 5) is 19.6. The smallest absolute Gasteiger partial charge is 0.330 e. The average Bonchev–Trinajstić information content (AvgIpc) is 2.38. The van der Waals surface area contributed by atoms with Crippen LogP contribution in [0.5, 0.6) is 0 Å². The van der Waals surface area contributed by atoms with Crippen molar-refractivity contribution in [1.82, 2.24) is 5.06 Å². The van der Waals surface area contributed by atoms with Crippen LogP contribution in [0.15, 0.2) is 28.7 Å². The molecule has 2 rings (SSSR count). The maximum absolute atomic E-state index is 11.8. The van der Waals surface area contributed by atoms with Crippen LogP contribution in [0.3, 0.4) is 0 Å². The van der Waals surface area contributed by atoms with Crippen LogP contribution in [0, 0.1) is 5.41 Å². The number of carbonyl (C=O) groups excluding carboxylic acids is 1. The number of anilines is 1. The van der Waals surface area contributed by atoms with E-state index in [4.69, 9.17) is 4.84 Å². The minimum atomic E-state index is -0.457. The van der Waals surface area contributed by atoms with Gasteiger partial charge >= 0.3 is 5.97 Å². The summed E-state index contributed by atoms with van der Waals surface area (Å²) < 4.78 is 1.08. The number of hydrogen-bond acceptors (Lipinski definition) is 4. The van der Waals surface area contributed by atoms with Crippen LogP contribution in [0.25, 0.3) is 0 Å². The first-order valence-electron chi connectivity index (χ1n) is 6.84. The maximum Gasteiger partial charge on any atom is 0.330 e. The summed E-state index contributed by atoms with van der Waals surface area (Å²) in [7, 11) is 0. The van der Waals surface area contributed by atoms with E-state index in [0.29, 0.717) is 0 Å². The fraction of sp³-hybridized carbons (Fsp3) is 0.533. The Hall–Kier alpha value is -1.07. The number of hydrogen-bond donors (Lipinski definition) is 0. The number of hydroxylamine groups is 2. The average molecular weight is 341 g/mol. The van der Waals surface area contributed by atoms with Crippen molar-refractivity contribution in [3.05, 3.63) is 28.7 Å². The molecular formula is C15H21BrN2O2. The molecule has 0 saturated carbocycles. The second-order valence-corrected chi connectivity index (χ2v) is 6.94.